The van der Waals surface area contributed by atoms with E-state index in [0.29, 0.717) is 13.3 Å². The van der Waals surface area contributed by atoms with Crippen molar-refractivity contribution >= 4 is 11.9 Å². The third kappa shape index (κ3) is 3.81. The lowest BCUT2D eigenvalue weighted by molar-refractivity contribution is -0.154. The Labute approximate surface area is 86.7 Å². The minimum Gasteiger partial charge on any atom is -0.480 e. The fraction of sp³-hybridized carbons (Fsp3) is 0.778. The molecule has 15 heavy (non-hydrogen) atoms. The SMILES string of the molecule is CCCC(C)(NC(=O)C(C)(F)F)C(=O)O. The molecule has 1 atom stereocenters. The average molecular weight is 223 g/mol. The molecule has 0 aliphatic carbocycles. The molecule has 1 unspecified atom stereocenters. The first-order chi connectivity index (χ1) is 6.63. The third-order valence-corrected chi connectivity index (χ3v) is 2.01. The summed E-state index contributed by atoms with van der Waals surface area (Å²) >= 11 is 0. The second-order valence-electron chi connectivity index (χ2n) is 3.73. The molecular weight excluding hydrogens is 208 g/mol. The maximum Gasteiger partial charge on any atom is 0.329 e. The van der Waals surface area contributed by atoms with Crippen LogP contribution in [0, 0.1) is 0 Å². The Kier molecular flexibility index (Phi) is 4.18. The topological polar surface area (TPSA) is 66.4 Å². The first-order valence-corrected chi connectivity index (χ1v) is 4.57. The number of nitrogens with one attached hydrogen (secondary N) is 1. The number of rotatable bonds is 5. The molecule has 0 saturated carbocycles. The number of alkyl halides is 2. The molecule has 0 aromatic carbocycles. The van der Waals surface area contributed by atoms with Crippen LogP contribution in [0.15, 0.2) is 0 Å². The van der Waals surface area contributed by atoms with Gasteiger partial charge in [0.15, 0.2) is 0 Å². The van der Waals surface area contributed by atoms with Crippen LogP contribution in [0.5, 0.6) is 0 Å². The molecule has 88 valence electrons. The van der Waals surface area contributed by atoms with Gasteiger partial charge in [0.05, 0.1) is 0 Å². The smallest absolute Gasteiger partial charge is 0.329 e. The van der Waals surface area contributed by atoms with Crippen LogP contribution >= 0.6 is 0 Å². The molecule has 0 aromatic rings. The Hall–Kier alpha value is -1.20. The molecule has 0 heterocycles. The summed E-state index contributed by atoms with van der Waals surface area (Å²) in [6.45, 7) is 3.34. The number of hydrogen-bond donors (Lipinski definition) is 2. The number of carbonyl (C=O) groups excluding carboxylic acids is 1. The van der Waals surface area contributed by atoms with Gasteiger partial charge in [0.25, 0.3) is 5.91 Å². The third-order valence-electron chi connectivity index (χ3n) is 2.01. The summed E-state index contributed by atoms with van der Waals surface area (Å²) in [5.41, 5.74) is -1.63. The van der Waals surface area contributed by atoms with Crippen molar-refractivity contribution in [2.24, 2.45) is 0 Å². The number of amides is 1. The molecule has 0 rings (SSSR count). The van der Waals surface area contributed by atoms with Crippen LogP contribution in [0.2, 0.25) is 0 Å². The summed E-state index contributed by atoms with van der Waals surface area (Å²) in [5.74, 6) is -6.45. The lowest BCUT2D eigenvalue weighted by Crippen LogP contribution is -2.55. The van der Waals surface area contributed by atoms with Gasteiger partial charge in [-0.2, -0.15) is 8.78 Å². The minimum absolute atomic E-state index is 0.101. The molecule has 0 aromatic heterocycles. The van der Waals surface area contributed by atoms with E-state index in [1.807, 2.05) is 5.32 Å². The van der Waals surface area contributed by atoms with E-state index in [9.17, 15) is 18.4 Å². The molecule has 0 radical (unpaired) electrons. The molecule has 2 N–H and O–H groups in total. The molecule has 6 heteroatoms. The number of halogens is 2. The van der Waals surface area contributed by atoms with Crippen LogP contribution in [-0.2, 0) is 9.59 Å². The van der Waals surface area contributed by atoms with Gasteiger partial charge in [-0.1, -0.05) is 13.3 Å². The highest BCUT2D eigenvalue weighted by Gasteiger charge is 2.41. The second-order valence-corrected chi connectivity index (χ2v) is 3.73. The van der Waals surface area contributed by atoms with Gasteiger partial charge in [-0.3, -0.25) is 4.79 Å². The summed E-state index contributed by atoms with van der Waals surface area (Å²) in [5, 5.41) is 10.7. The molecule has 0 aliphatic heterocycles. The Morgan fingerprint density at radius 3 is 2.07 bits per heavy atom. The van der Waals surface area contributed by atoms with Gasteiger partial charge in [-0.15, -0.1) is 0 Å². The van der Waals surface area contributed by atoms with E-state index in [4.69, 9.17) is 5.11 Å². The standard InChI is InChI=1S/C9H15F2NO3/c1-4-5-8(2,7(14)15)12-6(13)9(3,10)11/h4-5H2,1-3H3,(H,12,13)(H,14,15). The van der Waals surface area contributed by atoms with Gasteiger partial charge < -0.3 is 10.4 Å². The zero-order valence-corrected chi connectivity index (χ0v) is 8.93. The lowest BCUT2D eigenvalue weighted by atomic mass is 9.96. The molecule has 4 nitrogen and oxygen atoms in total. The van der Waals surface area contributed by atoms with Crippen LogP contribution in [0.1, 0.15) is 33.6 Å². The van der Waals surface area contributed by atoms with Gasteiger partial charge >= 0.3 is 11.9 Å². The summed E-state index contributed by atoms with van der Waals surface area (Å²) < 4.78 is 25.1. The van der Waals surface area contributed by atoms with Crippen molar-refractivity contribution in [2.45, 2.75) is 45.1 Å². The molecule has 0 saturated heterocycles. The van der Waals surface area contributed by atoms with Crippen LogP contribution in [0.4, 0.5) is 8.78 Å². The van der Waals surface area contributed by atoms with Crippen molar-refractivity contribution in [1.82, 2.24) is 5.32 Å². The van der Waals surface area contributed by atoms with Crippen LogP contribution in [-0.4, -0.2) is 28.4 Å². The van der Waals surface area contributed by atoms with Crippen LogP contribution in [0.3, 0.4) is 0 Å². The molecular formula is C9H15F2NO3. The van der Waals surface area contributed by atoms with E-state index in [0.717, 1.165) is 0 Å². The molecule has 1 amide bonds. The van der Waals surface area contributed by atoms with Crippen molar-refractivity contribution in [1.29, 1.82) is 0 Å². The fourth-order valence-corrected chi connectivity index (χ4v) is 1.08. The van der Waals surface area contributed by atoms with Gasteiger partial charge in [-0.25, -0.2) is 4.79 Å². The zero-order chi connectivity index (χ0) is 12.3. The predicted molar refractivity (Wildman–Crippen MR) is 49.7 cm³/mol. The molecule has 0 fully saturated rings. The fourth-order valence-electron chi connectivity index (χ4n) is 1.08. The van der Waals surface area contributed by atoms with Crippen molar-refractivity contribution in [3.8, 4) is 0 Å². The normalized spacial score (nSPS) is 15.5. The largest absolute Gasteiger partial charge is 0.480 e. The quantitative estimate of drug-likeness (QED) is 0.740. The van der Waals surface area contributed by atoms with E-state index in [1.54, 1.807) is 6.92 Å². The van der Waals surface area contributed by atoms with E-state index < -0.39 is 23.3 Å². The number of aliphatic carboxylic acids is 1. The number of carboxylic acid groups (broad SMARTS) is 1. The molecule has 0 spiro atoms. The lowest BCUT2D eigenvalue weighted by Gasteiger charge is -2.27. The Bertz CT molecular complexity index is 263. The second kappa shape index (κ2) is 4.55. The zero-order valence-electron chi connectivity index (χ0n) is 8.93. The van der Waals surface area contributed by atoms with Gasteiger partial charge in [-0.05, 0) is 13.3 Å². The van der Waals surface area contributed by atoms with Crippen molar-refractivity contribution < 1.29 is 23.5 Å². The van der Waals surface area contributed by atoms with Crippen molar-refractivity contribution in [3.05, 3.63) is 0 Å². The highest BCUT2D eigenvalue weighted by atomic mass is 19.3. The van der Waals surface area contributed by atoms with Gasteiger partial charge in [0.2, 0.25) is 0 Å². The monoisotopic (exact) mass is 223 g/mol. The average Bonchev–Trinajstić information content (AvgIpc) is 2.02. The Morgan fingerprint density at radius 2 is 1.80 bits per heavy atom. The van der Waals surface area contributed by atoms with E-state index in [1.165, 1.54) is 6.92 Å². The Balaban J connectivity index is 4.71. The number of carboxylic acids is 1. The van der Waals surface area contributed by atoms with Gasteiger partial charge in [0, 0.05) is 6.92 Å². The van der Waals surface area contributed by atoms with E-state index in [-0.39, 0.29) is 6.42 Å². The first kappa shape index (κ1) is 13.8. The van der Waals surface area contributed by atoms with Crippen molar-refractivity contribution in [3.63, 3.8) is 0 Å². The predicted octanol–water partition coefficient (Wildman–Crippen LogP) is 1.40. The van der Waals surface area contributed by atoms with Crippen molar-refractivity contribution in [2.75, 3.05) is 0 Å². The molecule has 0 bridgehead atoms. The Morgan fingerprint density at radius 1 is 1.33 bits per heavy atom. The first-order valence-electron chi connectivity index (χ1n) is 4.57. The minimum atomic E-state index is -3.57. The van der Waals surface area contributed by atoms with E-state index in [2.05, 4.69) is 0 Å². The number of carbonyl (C=O) groups is 2. The summed E-state index contributed by atoms with van der Waals surface area (Å²) in [4.78, 5) is 21.7. The summed E-state index contributed by atoms with van der Waals surface area (Å²) in [7, 11) is 0. The van der Waals surface area contributed by atoms with E-state index >= 15 is 0 Å². The van der Waals surface area contributed by atoms with Gasteiger partial charge in [0.1, 0.15) is 5.54 Å². The highest BCUT2D eigenvalue weighted by Crippen LogP contribution is 2.17. The number of hydrogen-bond acceptors (Lipinski definition) is 2. The molecule has 0 aliphatic rings. The van der Waals surface area contributed by atoms with Crippen LogP contribution < -0.4 is 5.32 Å². The highest BCUT2D eigenvalue weighted by molar-refractivity contribution is 5.89. The maximum atomic E-state index is 12.5. The van der Waals surface area contributed by atoms with Crippen LogP contribution in [0.25, 0.3) is 0 Å². The summed E-state index contributed by atoms with van der Waals surface area (Å²) in [6, 6.07) is 0. The summed E-state index contributed by atoms with van der Waals surface area (Å²) in [6.07, 6.45) is 0.572. The maximum absolute atomic E-state index is 12.5.